The second-order valence-electron chi connectivity index (χ2n) is 7.10. The zero-order chi connectivity index (χ0) is 21.1. The van der Waals surface area contributed by atoms with E-state index in [-0.39, 0.29) is 17.8 Å². The van der Waals surface area contributed by atoms with Crippen molar-refractivity contribution in [1.29, 1.82) is 0 Å². The summed E-state index contributed by atoms with van der Waals surface area (Å²) >= 11 is 7.75. The molecule has 0 unspecified atom stereocenters. The number of likely N-dealkylation sites (tertiary alicyclic amines) is 1. The van der Waals surface area contributed by atoms with Crippen LogP contribution in [-0.2, 0) is 9.53 Å². The van der Waals surface area contributed by atoms with E-state index in [0.717, 1.165) is 16.3 Å². The first-order valence-corrected chi connectivity index (χ1v) is 11.2. The van der Waals surface area contributed by atoms with Gasteiger partial charge in [-0.2, -0.15) is 5.10 Å². The SMILES string of the molecule is CCOC(=O)C1CCN(C(=O)c2cc(-c3cccs3)nn2-c2cccc(Cl)c2)CC1. The maximum Gasteiger partial charge on any atom is 0.309 e. The maximum atomic E-state index is 13.4. The number of hydrogen-bond acceptors (Lipinski definition) is 5. The number of carbonyl (C=O) groups is 2. The number of rotatable bonds is 5. The Labute approximate surface area is 184 Å². The van der Waals surface area contributed by atoms with Gasteiger partial charge in [0.1, 0.15) is 11.4 Å². The van der Waals surface area contributed by atoms with E-state index >= 15 is 0 Å². The van der Waals surface area contributed by atoms with Crippen molar-refractivity contribution in [2.75, 3.05) is 19.7 Å². The molecule has 1 fully saturated rings. The Morgan fingerprint density at radius 1 is 1.20 bits per heavy atom. The number of carbonyl (C=O) groups excluding carboxylic acids is 2. The minimum Gasteiger partial charge on any atom is -0.466 e. The highest BCUT2D eigenvalue weighted by atomic mass is 35.5. The van der Waals surface area contributed by atoms with E-state index in [0.29, 0.717) is 43.3 Å². The van der Waals surface area contributed by atoms with Crippen LogP contribution >= 0.6 is 22.9 Å². The van der Waals surface area contributed by atoms with Crippen LogP contribution in [0.25, 0.3) is 16.3 Å². The van der Waals surface area contributed by atoms with Gasteiger partial charge in [-0.3, -0.25) is 9.59 Å². The van der Waals surface area contributed by atoms with E-state index in [1.807, 2.05) is 35.7 Å². The van der Waals surface area contributed by atoms with Gasteiger partial charge >= 0.3 is 5.97 Å². The number of amides is 1. The van der Waals surface area contributed by atoms with Gasteiger partial charge in [-0.25, -0.2) is 4.68 Å². The van der Waals surface area contributed by atoms with E-state index in [4.69, 9.17) is 21.4 Å². The van der Waals surface area contributed by atoms with Crippen molar-refractivity contribution in [2.24, 2.45) is 5.92 Å². The number of nitrogens with zero attached hydrogens (tertiary/aromatic N) is 3. The summed E-state index contributed by atoms with van der Waals surface area (Å²) in [6.07, 6.45) is 1.21. The van der Waals surface area contributed by atoms with Crippen LogP contribution in [0, 0.1) is 5.92 Å². The Morgan fingerprint density at radius 2 is 2.00 bits per heavy atom. The third-order valence-electron chi connectivity index (χ3n) is 5.16. The molecule has 4 rings (SSSR count). The zero-order valence-electron chi connectivity index (χ0n) is 16.6. The van der Waals surface area contributed by atoms with E-state index in [9.17, 15) is 9.59 Å². The molecule has 0 spiro atoms. The summed E-state index contributed by atoms with van der Waals surface area (Å²) in [4.78, 5) is 28.2. The largest absolute Gasteiger partial charge is 0.466 e. The normalized spacial score (nSPS) is 14.7. The lowest BCUT2D eigenvalue weighted by atomic mass is 9.97. The molecule has 156 valence electrons. The fraction of sp³-hybridized carbons (Fsp3) is 0.318. The topological polar surface area (TPSA) is 64.4 Å². The van der Waals surface area contributed by atoms with Crippen LogP contribution in [0.15, 0.2) is 47.8 Å². The molecule has 1 aliphatic heterocycles. The number of ether oxygens (including phenoxy) is 1. The van der Waals surface area contributed by atoms with Gasteiger partial charge < -0.3 is 9.64 Å². The van der Waals surface area contributed by atoms with Crippen LogP contribution in [0.4, 0.5) is 0 Å². The second kappa shape index (κ2) is 9.02. The standard InChI is InChI=1S/C22H22ClN3O3S/c1-2-29-22(28)15-8-10-25(11-9-15)21(27)19-14-18(20-7-4-12-30-20)24-26(19)17-6-3-5-16(23)13-17/h3-7,12-15H,2,8-11H2,1H3. The minimum absolute atomic E-state index is 0.104. The van der Waals surface area contributed by atoms with Crippen LogP contribution in [0.2, 0.25) is 5.02 Å². The highest BCUT2D eigenvalue weighted by molar-refractivity contribution is 7.13. The first-order valence-electron chi connectivity index (χ1n) is 9.92. The van der Waals surface area contributed by atoms with Crippen molar-refractivity contribution in [2.45, 2.75) is 19.8 Å². The molecule has 0 saturated carbocycles. The fourth-order valence-corrected chi connectivity index (χ4v) is 4.49. The van der Waals surface area contributed by atoms with Crippen molar-refractivity contribution >= 4 is 34.8 Å². The number of hydrogen-bond donors (Lipinski definition) is 0. The van der Waals surface area contributed by atoms with Gasteiger partial charge in [0.15, 0.2) is 0 Å². The van der Waals surface area contributed by atoms with Gasteiger partial charge in [-0.1, -0.05) is 23.7 Å². The van der Waals surface area contributed by atoms with Gasteiger partial charge in [0, 0.05) is 18.1 Å². The number of thiophene rings is 1. The molecule has 0 atom stereocenters. The number of aromatic nitrogens is 2. The molecule has 1 saturated heterocycles. The lowest BCUT2D eigenvalue weighted by Gasteiger charge is -2.30. The summed E-state index contributed by atoms with van der Waals surface area (Å²) in [7, 11) is 0. The molecule has 3 aromatic rings. The molecule has 0 N–H and O–H groups in total. The van der Waals surface area contributed by atoms with Crippen molar-refractivity contribution in [1.82, 2.24) is 14.7 Å². The van der Waals surface area contributed by atoms with E-state index in [1.165, 1.54) is 0 Å². The third kappa shape index (κ3) is 4.27. The molecular weight excluding hydrogens is 422 g/mol. The van der Waals surface area contributed by atoms with Crippen molar-refractivity contribution < 1.29 is 14.3 Å². The Morgan fingerprint density at radius 3 is 2.67 bits per heavy atom. The Kier molecular flexibility index (Phi) is 6.20. The second-order valence-corrected chi connectivity index (χ2v) is 8.49. The predicted molar refractivity (Wildman–Crippen MR) is 117 cm³/mol. The first-order chi connectivity index (χ1) is 14.6. The smallest absolute Gasteiger partial charge is 0.309 e. The van der Waals surface area contributed by atoms with Gasteiger partial charge in [-0.05, 0) is 55.5 Å². The third-order valence-corrected chi connectivity index (χ3v) is 6.28. The Bertz CT molecular complexity index is 1040. The van der Waals surface area contributed by atoms with Gasteiger partial charge in [-0.15, -0.1) is 11.3 Å². The lowest BCUT2D eigenvalue weighted by molar-refractivity contribution is -0.149. The highest BCUT2D eigenvalue weighted by Gasteiger charge is 2.30. The maximum absolute atomic E-state index is 13.4. The molecule has 1 amide bonds. The van der Waals surface area contributed by atoms with Crippen LogP contribution in [0.3, 0.4) is 0 Å². The van der Waals surface area contributed by atoms with Crippen molar-refractivity contribution in [3.63, 3.8) is 0 Å². The number of esters is 1. The van der Waals surface area contributed by atoms with Crippen molar-refractivity contribution in [3.8, 4) is 16.3 Å². The highest BCUT2D eigenvalue weighted by Crippen LogP contribution is 2.28. The van der Waals surface area contributed by atoms with Crippen LogP contribution in [0.5, 0.6) is 0 Å². The summed E-state index contributed by atoms with van der Waals surface area (Å²) in [5.41, 5.74) is 1.96. The quantitative estimate of drug-likeness (QED) is 0.537. The molecule has 2 aromatic heterocycles. The summed E-state index contributed by atoms with van der Waals surface area (Å²) in [5.74, 6) is -0.422. The average molecular weight is 444 g/mol. The Balaban J connectivity index is 1.61. The van der Waals surface area contributed by atoms with E-state index < -0.39 is 0 Å². The first kappa shape index (κ1) is 20.6. The molecule has 30 heavy (non-hydrogen) atoms. The molecule has 1 aliphatic rings. The Hall–Kier alpha value is -2.64. The number of halogens is 1. The van der Waals surface area contributed by atoms with Gasteiger partial charge in [0.2, 0.25) is 0 Å². The molecule has 0 bridgehead atoms. The molecule has 1 aromatic carbocycles. The van der Waals surface area contributed by atoms with Crippen LogP contribution in [-0.4, -0.2) is 46.3 Å². The zero-order valence-corrected chi connectivity index (χ0v) is 18.2. The summed E-state index contributed by atoms with van der Waals surface area (Å²) < 4.78 is 6.78. The summed E-state index contributed by atoms with van der Waals surface area (Å²) in [5, 5.41) is 7.25. The van der Waals surface area contributed by atoms with E-state index in [1.54, 1.807) is 40.0 Å². The lowest BCUT2D eigenvalue weighted by Crippen LogP contribution is -2.41. The fourth-order valence-electron chi connectivity index (χ4n) is 3.62. The molecule has 8 heteroatoms. The van der Waals surface area contributed by atoms with Crippen molar-refractivity contribution in [3.05, 3.63) is 58.6 Å². The summed E-state index contributed by atoms with van der Waals surface area (Å²) in [6, 6.07) is 13.1. The van der Waals surface area contributed by atoms with Gasteiger partial charge in [0.25, 0.3) is 5.91 Å². The number of piperidine rings is 1. The average Bonchev–Trinajstić information content (AvgIpc) is 3.43. The monoisotopic (exact) mass is 443 g/mol. The molecular formula is C22H22ClN3O3S. The number of benzene rings is 1. The minimum atomic E-state index is -0.173. The van der Waals surface area contributed by atoms with Crippen LogP contribution < -0.4 is 0 Å². The molecule has 6 nitrogen and oxygen atoms in total. The predicted octanol–water partition coefficient (Wildman–Crippen LogP) is 4.67. The van der Waals surface area contributed by atoms with Gasteiger partial charge in [0.05, 0.1) is 23.1 Å². The molecule has 0 aliphatic carbocycles. The van der Waals surface area contributed by atoms with Crippen LogP contribution in [0.1, 0.15) is 30.3 Å². The summed E-state index contributed by atoms with van der Waals surface area (Å²) in [6.45, 7) is 3.20. The van der Waals surface area contributed by atoms with E-state index in [2.05, 4.69) is 0 Å². The molecule has 3 heterocycles. The molecule has 0 radical (unpaired) electrons.